The minimum Gasteiger partial charge on any atom is -0.391 e. The van der Waals surface area contributed by atoms with Crippen LogP contribution < -0.4 is 10.6 Å². The van der Waals surface area contributed by atoms with Gasteiger partial charge in [0.1, 0.15) is 0 Å². The van der Waals surface area contributed by atoms with Crippen molar-refractivity contribution in [1.29, 1.82) is 0 Å². The van der Waals surface area contributed by atoms with E-state index in [2.05, 4.69) is 41.8 Å². The molecule has 1 saturated heterocycles. The van der Waals surface area contributed by atoms with E-state index in [1.807, 2.05) is 0 Å². The van der Waals surface area contributed by atoms with Gasteiger partial charge in [-0.2, -0.15) is 0 Å². The smallest absolute Gasteiger partial charge is 0.226 e. The Hall–Kier alpha value is -1.39. The molecule has 5 fully saturated rings. The topological polar surface area (TPSA) is 61.4 Å². The van der Waals surface area contributed by atoms with Crippen LogP contribution in [0.1, 0.15) is 49.7 Å². The summed E-state index contributed by atoms with van der Waals surface area (Å²) < 4.78 is 0. The normalized spacial score (nSPS) is 42.4. The second kappa shape index (κ2) is 6.31. The molecular weight excluding hydrogens is 336 g/mol. The van der Waals surface area contributed by atoms with Gasteiger partial charge in [0.15, 0.2) is 0 Å². The molecule has 4 unspecified atom stereocenters. The molecule has 1 aromatic rings. The van der Waals surface area contributed by atoms with E-state index in [-0.39, 0.29) is 28.8 Å². The number of β-amino-alcohol motifs (C(OH)–C–C–N with tert-alkyl or cyclic N) is 1. The first-order valence-electron chi connectivity index (χ1n) is 10.7. The van der Waals surface area contributed by atoms with Crippen LogP contribution in [0.15, 0.2) is 24.3 Å². The van der Waals surface area contributed by atoms with Gasteiger partial charge in [-0.3, -0.25) is 4.79 Å². The molecule has 3 N–H and O–H groups in total. The summed E-state index contributed by atoms with van der Waals surface area (Å²) in [7, 11) is 0. The van der Waals surface area contributed by atoms with Gasteiger partial charge in [0.2, 0.25) is 5.91 Å². The first kappa shape index (κ1) is 17.7. The highest BCUT2D eigenvalue weighted by atomic mass is 16.3. The van der Waals surface area contributed by atoms with Gasteiger partial charge in [0.05, 0.1) is 11.5 Å². The predicted molar refractivity (Wildman–Crippen MR) is 105 cm³/mol. The summed E-state index contributed by atoms with van der Waals surface area (Å²) in [5.41, 5.74) is 2.77. The zero-order valence-electron chi connectivity index (χ0n) is 16.3. The van der Waals surface area contributed by atoms with Crippen LogP contribution in [0, 0.1) is 30.1 Å². The molecular formula is C23H32N2O2. The van der Waals surface area contributed by atoms with Gasteiger partial charge in [-0.25, -0.2) is 0 Å². The maximum absolute atomic E-state index is 13.4. The Balaban J connectivity index is 1.38. The summed E-state index contributed by atoms with van der Waals surface area (Å²) >= 11 is 0. The number of rotatable bonds is 4. The number of aliphatic hydroxyl groups excluding tert-OH is 1. The summed E-state index contributed by atoms with van der Waals surface area (Å²) in [6.07, 6.45) is 6.63. The molecule has 1 aromatic carbocycles. The van der Waals surface area contributed by atoms with Crippen molar-refractivity contribution in [3.8, 4) is 0 Å². The SMILES string of the molecule is Cc1ccc(C23CC4CC(CC(C(=O)NCC5CNCC5O)(C4)C2)C3)cc1. The van der Waals surface area contributed by atoms with E-state index in [1.54, 1.807) is 0 Å². The maximum Gasteiger partial charge on any atom is 0.226 e. The minimum atomic E-state index is -0.333. The van der Waals surface area contributed by atoms with Gasteiger partial charge in [-0.15, -0.1) is 0 Å². The number of hydrogen-bond acceptors (Lipinski definition) is 3. The lowest BCUT2D eigenvalue weighted by atomic mass is 9.42. The number of benzene rings is 1. The number of aliphatic hydroxyl groups is 1. The fourth-order valence-electron chi connectivity index (χ4n) is 7.11. The molecule has 4 bridgehead atoms. The van der Waals surface area contributed by atoms with Crippen molar-refractivity contribution in [2.75, 3.05) is 19.6 Å². The first-order chi connectivity index (χ1) is 13.0. The van der Waals surface area contributed by atoms with Crippen molar-refractivity contribution in [3.05, 3.63) is 35.4 Å². The molecule has 1 aliphatic heterocycles. The lowest BCUT2D eigenvalue weighted by Gasteiger charge is -2.61. The number of amides is 1. The Bertz CT molecular complexity index is 714. The summed E-state index contributed by atoms with van der Waals surface area (Å²) in [4.78, 5) is 13.4. The van der Waals surface area contributed by atoms with E-state index in [4.69, 9.17) is 0 Å². The van der Waals surface area contributed by atoms with Gasteiger partial charge in [-0.1, -0.05) is 29.8 Å². The molecule has 4 heteroatoms. The molecule has 4 atom stereocenters. The maximum atomic E-state index is 13.4. The zero-order valence-corrected chi connectivity index (χ0v) is 16.3. The van der Waals surface area contributed by atoms with Crippen molar-refractivity contribution in [1.82, 2.24) is 10.6 Å². The first-order valence-corrected chi connectivity index (χ1v) is 10.7. The van der Waals surface area contributed by atoms with E-state index in [9.17, 15) is 9.90 Å². The number of nitrogens with one attached hydrogen (secondary N) is 2. The number of carbonyl (C=O) groups is 1. The molecule has 1 amide bonds. The predicted octanol–water partition coefficient (Wildman–Crippen LogP) is 2.53. The van der Waals surface area contributed by atoms with Crippen LogP contribution in [0.5, 0.6) is 0 Å². The minimum absolute atomic E-state index is 0.147. The average molecular weight is 369 g/mol. The molecule has 146 valence electrons. The summed E-state index contributed by atoms with van der Waals surface area (Å²) in [6, 6.07) is 9.09. The van der Waals surface area contributed by atoms with E-state index in [1.165, 1.54) is 30.4 Å². The van der Waals surface area contributed by atoms with Gasteiger partial charge in [-0.05, 0) is 68.3 Å². The monoisotopic (exact) mass is 368 g/mol. The van der Waals surface area contributed by atoms with Crippen LogP contribution in [-0.2, 0) is 10.2 Å². The third-order valence-corrected chi connectivity index (χ3v) is 8.04. The van der Waals surface area contributed by atoms with Gasteiger partial charge in [0.25, 0.3) is 0 Å². The summed E-state index contributed by atoms with van der Waals surface area (Å²) in [5.74, 6) is 1.79. The largest absolute Gasteiger partial charge is 0.391 e. The standard InChI is InChI=1S/C23H32N2O2/c1-15-2-4-19(5-3-15)22-7-16-6-17(8-22)10-23(9-16,14-22)21(27)25-12-18-11-24-13-20(18)26/h2-5,16-18,20,24,26H,6-14H2,1H3,(H,25,27). The molecule has 4 saturated carbocycles. The van der Waals surface area contributed by atoms with Crippen LogP contribution in [0.25, 0.3) is 0 Å². The fraction of sp³-hybridized carbons (Fsp3) is 0.696. The van der Waals surface area contributed by atoms with Crippen LogP contribution in [-0.4, -0.2) is 36.8 Å². The van der Waals surface area contributed by atoms with Crippen molar-refractivity contribution in [2.45, 2.75) is 57.0 Å². The lowest BCUT2D eigenvalue weighted by molar-refractivity contribution is -0.149. The third-order valence-electron chi connectivity index (χ3n) is 8.04. The third kappa shape index (κ3) is 2.92. The quantitative estimate of drug-likeness (QED) is 0.765. The Kier molecular flexibility index (Phi) is 4.14. The molecule has 6 rings (SSSR count). The van der Waals surface area contributed by atoms with Crippen molar-refractivity contribution in [2.24, 2.45) is 23.2 Å². The van der Waals surface area contributed by atoms with Crippen LogP contribution >= 0.6 is 0 Å². The Labute approximate surface area is 162 Å². The summed E-state index contributed by atoms with van der Waals surface area (Å²) in [5, 5.41) is 16.5. The lowest BCUT2D eigenvalue weighted by Crippen LogP contribution is -2.59. The van der Waals surface area contributed by atoms with Crippen molar-refractivity contribution < 1.29 is 9.90 Å². The van der Waals surface area contributed by atoms with Gasteiger partial charge in [0, 0.05) is 25.6 Å². The van der Waals surface area contributed by atoms with E-state index in [0.717, 1.165) is 25.8 Å². The highest BCUT2D eigenvalue weighted by Gasteiger charge is 2.60. The number of aryl methyl sites for hydroxylation is 1. The van der Waals surface area contributed by atoms with Gasteiger partial charge >= 0.3 is 0 Å². The molecule has 0 radical (unpaired) electrons. The molecule has 27 heavy (non-hydrogen) atoms. The van der Waals surface area contributed by atoms with Crippen molar-refractivity contribution >= 4 is 5.91 Å². The molecule has 4 nitrogen and oxygen atoms in total. The molecule has 0 spiro atoms. The van der Waals surface area contributed by atoms with Gasteiger partial charge < -0.3 is 15.7 Å². The van der Waals surface area contributed by atoms with E-state index >= 15 is 0 Å². The highest BCUT2D eigenvalue weighted by Crippen LogP contribution is 2.65. The molecule has 4 aliphatic carbocycles. The summed E-state index contributed by atoms with van der Waals surface area (Å²) in [6.45, 7) is 4.19. The Morgan fingerprint density at radius 3 is 2.48 bits per heavy atom. The van der Waals surface area contributed by atoms with Crippen LogP contribution in [0.3, 0.4) is 0 Å². The second-order valence-electron chi connectivity index (χ2n) is 10.1. The molecule has 5 aliphatic rings. The highest BCUT2D eigenvalue weighted by molar-refractivity contribution is 5.83. The Morgan fingerprint density at radius 2 is 1.85 bits per heavy atom. The Morgan fingerprint density at radius 1 is 1.15 bits per heavy atom. The average Bonchev–Trinajstić information content (AvgIpc) is 3.04. The van der Waals surface area contributed by atoms with Crippen LogP contribution in [0.2, 0.25) is 0 Å². The second-order valence-corrected chi connectivity index (χ2v) is 10.1. The van der Waals surface area contributed by atoms with Crippen LogP contribution in [0.4, 0.5) is 0 Å². The number of hydrogen-bond donors (Lipinski definition) is 3. The van der Waals surface area contributed by atoms with E-state index in [0.29, 0.717) is 24.9 Å². The van der Waals surface area contributed by atoms with Crippen molar-refractivity contribution in [3.63, 3.8) is 0 Å². The van der Waals surface area contributed by atoms with E-state index < -0.39 is 0 Å². The zero-order chi connectivity index (χ0) is 18.6. The fourth-order valence-corrected chi connectivity index (χ4v) is 7.11. The number of carbonyl (C=O) groups excluding carboxylic acids is 1. The molecule has 1 heterocycles. The molecule has 0 aromatic heterocycles.